The molecule has 0 saturated heterocycles. The molecule has 0 heterocycles. The summed E-state index contributed by atoms with van der Waals surface area (Å²) in [6, 6.07) is 0. The van der Waals surface area contributed by atoms with Crippen molar-refractivity contribution in [3.05, 3.63) is 38.2 Å². The summed E-state index contributed by atoms with van der Waals surface area (Å²) in [5.41, 5.74) is 2.85. The minimum atomic E-state index is 0. The van der Waals surface area contributed by atoms with Gasteiger partial charge in [0.15, 0.2) is 0 Å². The van der Waals surface area contributed by atoms with Gasteiger partial charge in [-0.25, -0.2) is 11.6 Å². The first-order valence-electron chi connectivity index (χ1n) is 2.53. The normalized spacial score (nSPS) is 13.4. The van der Waals surface area contributed by atoms with E-state index in [1.807, 2.05) is 0 Å². The van der Waals surface area contributed by atoms with Gasteiger partial charge in [0.1, 0.15) is 0 Å². The molecular formula is C9H15Ti. The predicted octanol–water partition coefficient (Wildman–Crippen LogP) is 2.98. The smallest absolute Gasteiger partial charge is 0.358 e. The maximum Gasteiger partial charge on any atom is 3.00 e. The first-order chi connectivity index (χ1) is 3.30. The van der Waals surface area contributed by atoms with E-state index in [2.05, 4.69) is 26.0 Å². The van der Waals surface area contributed by atoms with E-state index in [1.54, 1.807) is 0 Å². The van der Waals surface area contributed by atoms with E-state index in [9.17, 15) is 0 Å². The fraction of sp³-hybridized carbons (Fsp3) is 0.333. The van der Waals surface area contributed by atoms with Crippen LogP contribution in [-0.4, -0.2) is 0 Å². The van der Waals surface area contributed by atoms with E-state index < -0.39 is 0 Å². The Morgan fingerprint density at radius 3 is 1.90 bits per heavy atom. The first kappa shape index (κ1) is 16.7. The Morgan fingerprint density at radius 1 is 1.30 bits per heavy atom. The van der Waals surface area contributed by atoms with Gasteiger partial charge in [-0.1, -0.05) is 6.92 Å². The van der Waals surface area contributed by atoms with E-state index in [1.165, 1.54) is 11.1 Å². The summed E-state index contributed by atoms with van der Waals surface area (Å²) in [5, 5.41) is 0. The van der Waals surface area contributed by atoms with Gasteiger partial charge in [-0.05, 0) is 0 Å². The van der Waals surface area contributed by atoms with Crippen LogP contribution in [0.4, 0.5) is 0 Å². The summed E-state index contributed by atoms with van der Waals surface area (Å²) < 4.78 is 0. The summed E-state index contributed by atoms with van der Waals surface area (Å²) in [4.78, 5) is 0. The average Bonchev–Trinajstić information content (AvgIpc) is 1.91. The summed E-state index contributed by atoms with van der Waals surface area (Å²) in [6.45, 7) is 4.27. The molecule has 0 amide bonds. The SMILES string of the molecule is CC1=C(C)C[C-]=C1.[CH3-].[CH3-].[Ti+3]. The molecule has 1 heteroatoms. The maximum absolute atomic E-state index is 3.12. The van der Waals surface area contributed by atoms with Crippen LogP contribution in [0.15, 0.2) is 17.2 Å². The van der Waals surface area contributed by atoms with Gasteiger partial charge in [0, 0.05) is 0 Å². The molecule has 0 bridgehead atoms. The van der Waals surface area contributed by atoms with Crippen molar-refractivity contribution in [2.45, 2.75) is 20.3 Å². The van der Waals surface area contributed by atoms with Gasteiger partial charge in [0.25, 0.3) is 0 Å². The van der Waals surface area contributed by atoms with Gasteiger partial charge in [-0.3, -0.25) is 6.08 Å². The largest absolute Gasteiger partial charge is 3.00 e. The topological polar surface area (TPSA) is 0 Å². The summed E-state index contributed by atoms with van der Waals surface area (Å²) in [7, 11) is 0. The van der Waals surface area contributed by atoms with E-state index in [4.69, 9.17) is 0 Å². The van der Waals surface area contributed by atoms with E-state index in [-0.39, 0.29) is 36.6 Å². The quantitative estimate of drug-likeness (QED) is 0.388. The molecule has 1 aliphatic rings. The minimum absolute atomic E-state index is 0. The van der Waals surface area contributed by atoms with Crippen molar-refractivity contribution in [3.63, 3.8) is 0 Å². The molecule has 0 N–H and O–H groups in total. The number of rotatable bonds is 0. The fourth-order valence-corrected chi connectivity index (χ4v) is 0.620. The Kier molecular flexibility index (Phi) is 12.2. The summed E-state index contributed by atoms with van der Waals surface area (Å²) in [6.07, 6.45) is 6.22. The summed E-state index contributed by atoms with van der Waals surface area (Å²) in [5.74, 6) is 0. The van der Waals surface area contributed by atoms with Crippen molar-refractivity contribution >= 4 is 0 Å². The van der Waals surface area contributed by atoms with Gasteiger partial charge in [-0.2, -0.15) is 5.57 Å². The Labute approximate surface area is 80.3 Å². The van der Waals surface area contributed by atoms with Crippen LogP contribution in [0.2, 0.25) is 0 Å². The Morgan fingerprint density at radius 2 is 1.80 bits per heavy atom. The van der Waals surface area contributed by atoms with E-state index >= 15 is 0 Å². The molecular weight excluding hydrogens is 156 g/mol. The van der Waals surface area contributed by atoms with Crippen LogP contribution in [0.1, 0.15) is 20.3 Å². The van der Waals surface area contributed by atoms with Crippen LogP contribution in [0.25, 0.3) is 0 Å². The number of hydrogen-bond donors (Lipinski definition) is 0. The molecule has 0 fully saturated rings. The molecule has 0 saturated carbocycles. The average molecular weight is 171 g/mol. The Hall–Kier alpha value is 0.194. The second-order valence-electron chi connectivity index (χ2n) is 1.99. The van der Waals surface area contributed by atoms with Gasteiger partial charge < -0.3 is 14.9 Å². The molecule has 1 aliphatic carbocycles. The zero-order chi connectivity index (χ0) is 5.28. The van der Waals surface area contributed by atoms with Gasteiger partial charge in [-0.15, -0.1) is 13.3 Å². The van der Waals surface area contributed by atoms with Crippen LogP contribution in [0.3, 0.4) is 0 Å². The minimum Gasteiger partial charge on any atom is -0.358 e. The molecule has 55 valence electrons. The van der Waals surface area contributed by atoms with Gasteiger partial charge in [0.2, 0.25) is 0 Å². The molecule has 0 aromatic heterocycles. The molecule has 0 atom stereocenters. The van der Waals surface area contributed by atoms with Crippen LogP contribution >= 0.6 is 0 Å². The van der Waals surface area contributed by atoms with Crippen molar-refractivity contribution in [3.8, 4) is 0 Å². The Bertz CT molecular complexity index is 132. The Balaban J connectivity index is -0.000000163. The monoisotopic (exact) mass is 171 g/mol. The molecule has 1 rings (SSSR count). The standard InChI is InChI=1S/C7H9.2CH3.Ti/c1-6-4-3-5-7(6)2;;;/h4H,5H2,1-2H3;2*1H3;/q3*-1;+3. The van der Waals surface area contributed by atoms with Crippen LogP contribution < -0.4 is 0 Å². The van der Waals surface area contributed by atoms with Gasteiger partial charge >= 0.3 is 21.7 Å². The van der Waals surface area contributed by atoms with Crippen LogP contribution in [-0.2, 0) is 21.7 Å². The number of allylic oxidation sites excluding steroid dienone is 4. The molecule has 0 spiro atoms. The third kappa shape index (κ3) is 4.08. The second kappa shape index (κ2) is 7.30. The molecule has 0 aliphatic heterocycles. The summed E-state index contributed by atoms with van der Waals surface area (Å²) >= 11 is 0. The predicted molar refractivity (Wildman–Crippen MR) is 43.6 cm³/mol. The van der Waals surface area contributed by atoms with Crippen molar-refractivity contribution in [1.29, 1.82) is 0 Å². The van der Waals surface area contributed by atoms with Crippen molar-refractivity contribution < 1.29 is 21.7 Å². The molecule has 10 heavy (non-hydrogen) atoms. The molecule has 0 nitrogen and oxygen atoms in total. The molecule has 1 radical (unpaired) electrons. The maximum atomic E-state index is 3.12. The second-order valence-corrected chi connectivity index (χ2v) is 1.99. The third-order valence-corrected chi connectivity index (χ3v) is 1.36. The fourth-order valence-electron chi connectivity index (χ4n) is 0.620. The zero-order valence-electron chi connectivity index (χ0n) is 7.28. The van der Waals surface area contributed by atoms with E-state index in [0.717, 1.165) is 6.42 Å². The van der Waals surface area contributed by atoms with Crippen molar-refractivity contribution in [2.75, 3.05) is 0 Å². The zero-order valence-corrected chi connectivity index (χ0v) is 8.85. The van der Waals surface area contributed by atoms with Gasteiger partial charge in [0.05, 0.1) is 0 Å². The van der Waals surface area contributed by atoms with Crippen molar-refractivity contribution in [1.82, 2.24) is 0 Å². The molecule has 0 aromatic rings. The van der Waals surface area contributed by atoms with Crippen molar-refractivity contribution in [2.24, 2.45) is 0 Å². The van der Waals surface area contributed by atoms with Crippen LogP contribution in [0.5, 0.6) is 0 Å². The van der Waals surface area contributed by atoms with E-state index in [0.29, 0.717) is 0 Å². The first-order valence-corrected chi connectivity index (χ1v) is 2.53. The van der Waals surface area contributed by atoms with Crippen LogP contribution in [0, 0.1) is 20.9 Å². The number of hydrogen-bond acceptors (Lipinski definition) is 0. The molecule has 0 aromatic carbocycles. The molecule has 0 unspecified atom stereocenters. The third-order valence-electron chi connectivity index (χ3n) is 1.36.